The Morgan fingerprint density at radius 3 is 3.12 bits per heavy atom. The SMILES string of the molecule is Oc1ccc2[nH]cc(CC3=CCCS3)c2c1. The molecule has 0 unspecified atom stereocenters. The number of phenolic OH excluding ortho intramolecular Hbond substituents is 1. The third kappa shape index (κ3) is 1.71. The number of H-pyrrole nitrogens is 1. The van der Waals surface area contributed by atoms with Crippen molar-refractivity contribution >= 4 is 22.7 Å². The van der Waals surface area contributed by atoms with Gasteiger partial charge >= 0.3 is 0 Å². The molecule has 2 aromatic rings. The van der Waals surface area contributed by atoms with E-state index in [4.69, 9.17) is 0 Å². The molecule has 1 aromatic heterocycles. The van der Waals surface area contributed by atoms with E-state index in [2.05, 4.69) is 11.1 Å². The van der Waals surface area contributed by atoms with Gasteiger partial charge in [-0.25, -0.2) is 0 Å². The number of aromatic nitrogens is 1. The number of thioether (sulfide) groups is 1. The zero-order chi connectivity index (χ0) is 11.0. The Balaban J connectivity index is 1.99. The van der Waals surface area contributed by atoms with Crippen LogP contribution >= 0.6 is 11.8 Å². The first-order chi connectivity index (χ1) is 7.83. The molecule has 0 spiro atoms. The van der Waals surface area contributed by atoms with Crippen LogP contribution in [0, 0.1) is 0 Å². The van der Waals surface area contributed by atoms with Crippen LogP contribution in [0.2, 0.25) is 0 Å². The van der Waals surface area contributed by atoms with Gasteiger partial charge in [0.1, 0.15) is 5.75 Å². The Kier molecular flexibility index (Phi) is 2.40. The van der Waals surface area contributed by atoms with Crippen molar-refractivity contribution < 1.29 is 5.11 Å². The molecule has 16 heavy (non-hydrogen) atoms. The van der Waals surface area contributed by atoms with Gasteiger partial charge in [-0.05, 0) is 35.1 Å². The maximum atomic E-state index is 9.50. The summed E-state index contributed by atoms with van der Waals surface area (Å²) >= 11 is 1.94. The third-order valence-corrected chi connectivity index (χ3v) is 4.01. The monoisotopic (exact) mass is 231 g/mol. The number of hydrogen-bond acceptors (Lipinski definition) is 2. The largest absolute Gasteiger partial charge is 0.508 e. The van der Waals surface area contributed by atoms with Crippen LogP contribution in [0.1, 0.15) is 12.0 Å². The standard InChI is InChI=1S/C13H13NOS/c15-10-3-4-13-12(7-10)9(8-14-13)6-11-2-1-5-16-11/h2-4,7-8,14-15H,1,5-6H2. The lowest BCUT2D eigenvalue weighted by molar-refractivity contribution is 0.476. The zero-order valence-electron chi connectivity index (χ0n) is 8.86. The Bertz CT molecular complexity index is 556. The molecule has 3 heteroatoms. The van der Waals surface area contributed by atoms with Crippen molar-refractivity contribution in [3.8, 4) is 5.75 Å². The predicted octanol–water partition coefficient (Wildman–Crippen LogP) is 3.44. The fraction of sp³-hybridized carbons (Fsp3) is 0.231. The summed E-state index contributed by atoms with van der Waals surface area (Å²) in [7, 11) is 0. The quantitative estimate of drug-likeness (QED) is 0.830. The molecule has 1 aliphatic heterocycles. The molecular formula is C13H13NOS. The van der Waals surface area contributed by atoms with E-state index in [1.807, 2.05) is 30.1 Å². The highest BCUT2D eigenvalue weighted by Crippen LogP contribution is 2.31. The zero-order valence-corrected chi connectivity index (χ0v) is 9.68. The first kappa shape index (κ1) is 9.85. The Labute approximate surface area is 98.4 Å². The van der Waals surface area contributed by atoms with Gasteiger partial charge in [0.05, 0.1) is 0 Å². The second-order valence-electron chi connectivity index (χ2n) is 4.03. The third-order valence-electron chi connectivity index (χ3n) is 2.89. The lowest BCUT2D eigenvalue weighted by atomic mass is 10.1. The molecule has 1 aliphatic rings. The number of benzene rings is 1. The van der Waals surface area contributed by atoms with Gasteiger partial charge in [0, 0.05) is 29.3 Å². The summed E-state index contributed by atoms with van der Waals surface area (Å²) in [6.07, 6.45) is 6.53. The smallest absolute Gasteiger partial charge is 0.116 e. The van der Waals surface area contributed by atoms with E-state index in [0.29, 0.717) is 5.75 Å². The van der Waals surface area contributed by atoms with E-state index in [9.17, 15) is 5.11 Å². The molecule has 3 rings (SSSR count). The van der Waals surface area contributed by atoms with Crippen LogP contribution in [0.5, 0.6) is 5.75 Å². The molecule has 1 aromatic carbocycles. The Hall–Kier alpha value is -1.35. The molecule has 2 N–H and O–H groups in total. The number of aromatic hydroxyl groups is 1. The highest BCUT2D eigenvalue weighted by Gasteiger charge is 2.10. The number of hydrogen-bond donors (Lipinski definition) is 2. The Morgan fingerprint density at radius 1 is 1.38 bits per heavy atom. The number of fused-ring (bicyclic) bond motifs is 1. The van der Waals surface area contributed by atoms with Crippen molar-refractivity contribution in [3.63, 3.8) is 0 Å². The first-order valence-corrected chi connectivity index (χ1v) is 6.42. The topological polar surface area (TPSA) is 36.0 Å². The molecule has 0 saturated carbocycles. The normalized spacial score (nSPS) is 15.6. The van der Waals surface area contributed by atoms with Crippen LogP contribution in [0.15, 0.2) is 35.4 Å². The van der Waals surface area contributed by atoms with Gasteiger partial charge in [0.2, 0.25) is 0 Å². The van der Waals surface area contributed by atoms with Crippen molar-refractivity contribution in [2.75, 3.05) is 5.75 Å². The van der Waals surface area contributed by atoms with Crippen molar-refractivity contribution in [2.45, 2.75) is 12.8 Å². The molecule has 82 valence electrons. The van der Waals surface area contributed by atoms with Gasteiger partial charge in [0.15, 0.2) is 0 Å². The molecule has 2 nitrogen and oxygen atoms in total. The second-order valence-corrected chi connectivity index (χ2v) is 5.25. The van der Waals surface area contributed by atoms with Gasteiger partial charge in [0.25, 0.3) is 0 Å². The first-order valence-electron chi connectivity index (χ1n) is 5.44. The van der Waals surface area contributed by atoms with Crippen LogP contribution in [0.4, 0.5) is 0 Å². The van der Waals surface area contributed by atoms with E-state index >= 15 is 0 Å². The van der Waals surface area contributed by atoms with Crippen LogP contribution in [-0.4, -0.2) is 15.8 Å². The summed E-state index contributed by atoms with van der Waals surface area (Å²) in [6, 6.07) is 5.47. The molecule has 0 atom stereocenters. The Morgan fingerprint density at radius 2 is 2.31 bits per heavy atom. The predicted molar refractivity (Wildman–Crippen MR) is 68.8 cm³/mol. The summed E-state index contributed by atoms with van der Waals surface area (Å²) in [5.74, 6) is 1.55. The minimum Gasteiger partial charge on any atom is -0.508 e. The molecule has 0 radical (unpaired) electrons. The molecule has 0 bridgehead atoms. The fourth-order valence-electron chi connectivity index (χ4n) is 2.09. The molecule has 0 amide bonds. The van der Waals surface area contributed by atoms with Crippen LogP contribution in [0.25, 0.3) is 10.9 Å². The fourth-order valence-corrected chi connectivity index (χ4v) is 3.08. The van der Waals surface area contributed by atoms with Crippen LogP contribution < -0.4 is 0 Å². The average molecular weight is 231 g/mol. The maximum absolute atomic E-state index is 9.50. The summed E-state index contributed by atoms with van der Waals surface area (Å²) < 4.78 is 0. The number of allylic oxidation sites excluding steroid dienone is 2. The molecule has 0 fully saturated rings. The average Bonchev–Trinajstić information content (AvgIpc) is 2.90. The summed E-state index contributed by atoms with van der Waals surface area (Å²) in [6.45, 7) is 0. The van der Waals surface area contributed by atoms with E-state index in [0.717, 1.165) is 17.3 Å². The highest BCUT2D eigenvalue weighted by molar-refractivity contribution is 8.03. The summed E-state index contributed by atoms with van der Waals surface area (Å²) in [4.78, 5) is 4.69. The molecule has 0 saturated heterocycles. The highest BCUT2D eigenvalue weighted by atomic mass is 32.2. The second kappa shape index (κ2) is 3.91. The van der Waals surface area contributed by atoms with Crippen LogP contribution in [-0.2, 0) is 6.42 Å². The number of nitrogens with one attached hydrogen (secondary N) is 1. The minimum atomic E-state index is 0.335. The van der Waals surface area contributed by atoms with E-state index in [-0.39, 0.29) is 0 Å². The number of aromatic amines is 1. The molecular weight excluding hydrogens is 218 g/mol. The minimum absolute atomic E-state index is 0.335. The lowest BCUT2D eigenvalue weighted by Crippen LogP contribution is -1.82. The van der Waals surface area contributed by atoms with Crippen molar-refractivity contribution in [2.24, 2.45) is 0 Å². The van der Waals surface area contributed by atoms with E-state index in [1.54, 1.807) is 6.07 Å². The number of phenols is 1. The summed E-state index contributed by atoms with van der Waals surface area (Å²) in [5.41, 5.74) is 2.36. The van der Waals surface area contributed by atoms with Gasteiger partial charge in [-0.2, -0.15) is 0 Å². The van der Waals surface area contributed by atoms with Crippen molar-refractivity contribution in [1.82, 2.24) is 4.98 Å². The van der Waals surface area contributed by atoms with E-state index < -0.39 is 0 Å². The van der Waals surface area contributed by atoms with E-state index in [1.165, 1.54) is 22.6 Å². The lowest BCUT2D eigenvalue weighted by Gasteiger charge is -2.00. The van der Waals surface area contributed by atoms with Gasteiger partial charge in [-0.1, -0.05) is 6.08 Å². The molecule has 2 heterocycles. The van der Waals surface area contributed by atoms with Gasteiger partial charge in [-0.3, -0.25) is 0 Å². The van der Waals surface area contributed by atoms with Crippen molar-refractivity contribution in [1.29, 1.82) is 0 Å². The van der Waals surface area contributed by atoms with Gasteiger partial charge < -0.3 is 10.1 Å². The molecule has 0 aliphatic carbocycles. The summed E-state index contributed by atoms with van der Waals surface area (Å²) in [5, 5.41) is 10.6. The maximum Gasteiger partial charge on any atom is 0.116 e. The number of rotatable bonds is 2. The van der Waals surface area contributed by atoms with Crippen molar-refractivity contribution in [3.05, 3.63) is 40.9 Å². The van der Waals surface area contributed by atoms with Gasteiger partial charge in [-0.15, -0.1) is 11.8 Å². The van der Waals surface area contributed by atoms with Crippen LogP contribution in [0.3, 0.4) is 0 Å².